The van der Waals surface area contributed by atoms with Crippen LogP contribution in [0.5, 0.6) is 0 Å². The number of methoxy groups -OCH3 is 2. The molecule has 2 rings (SSSR count). The van der Waals surface area contributed by atoms with Crippen molar-refractivity contribution in [1.82, 2.24) is 10.6 Å². The van der Waals surface area contributed by atoms with E-state index >= 15 is 0 Å². The number of primary amides is 1. The van der Waals surface area contributed by atoms with Crippen LogP contribution in [0.15, 0.2) is 71.1 Å². The zero-order valence-electron chi connectivity index (χ0n) is 25.1. The van der Waals surface area contributed by atoms with Gasteiger partial charge in [-0.2, -0.15) is 0 Å². The standard InChI is InChI=1S/C31H43N3O8/c1-8-12-33-26-21-13-17(2)14-25(41-7)27(36)19(4)15-20(5)29(42-31(32)39)24(40-6)11-9-10-18(3)30(38)34-22(28(21)37)16-23(26)35/h8-11,15-17,19,24-25,27,29,33,36H,1,12-14H2,2-7H3,(H2,32,39)(H,34,38)/b11-9+,18-10+,20-15-/t17-,19-,24-,25+,27-,29-/m0/s1. The molecule has 1 aliphatic heterocycles. The second kappa shape index (κ2) is 16.0. The van der Waals surface area contributed by atoms with Crippen molar-refractivity contribution in [3.63, 3.8) is 0 Å². The molecule has 1 heterocycles. The highest BCUT2D eigenvalue weighted by Crippen LogP contribution is 2.28. The Kier molecular flexibility index (Phi) is 13.1. The van der Waals surface area contributed by atoms with E-state index in [9.17, 15) is 24.3 Å². The predicted octanol–water partition coefficient (Wildman–Crippen LogP) is 2.54. The third-order valence-electron chi connectivity index (χ3n) is 7.22. The van der Waals surface area contributed by atoms with Crippen LogP contribution in [0.4, 0.5) is 4.79 Å². The van der Waals surface area contributed by atoms with Crippen LogP contribution in [-0.2, 0) is 28.6 Å². The number of amides is 2. The van der Waals surface area contributed by atoms with Crippen LogP contribution < -0.4 is 16.4 Å². The Morgan fingerprint density at radius 2 is 1.90 bits per heavy atom. The van der Waals surface area contributed by atoms with Crippen LogP contribution >= 0.6 is 0 Å². The molecule has 0 saturated carbocycles. The van der Waals surface area contributed by atoms with Gasteiger partial charge in [0.15, 0.2) is 6.10 Å². The number of rotatable bonds is 6. The van der Waals surface area contributed by atoms with Crippen molar-refractivity contribution in [3.8, 4) is 0 Å². The van der Waals surface area contributed by atoms with Gasteiger partial charge in [-0.05, 0) is 38.2 Å². The highest BCUT2D eigenvalue weighted by Gasteiger charge is 2.33. The Balaban J connectivity index is 2.62. The molecular formula is C31H43N3O8. The first kappa shape index (κ1) is 34.4. The van der Waals surface area contributed by atoms with E-state index in [1.54, 1.807) is 45.1 Å². The molecule has 2 bridgehead atoms. The van der Waals surface area contributed by atoms with Gasteiger partial charge in [0.25, 0.3) is 5.91 Å². The third-order valence-corrected chi connectivity index (χ3v) is 7.22. The van der Waals surface area contributed by atoms with E-state index in [2.05, 4.69) is 17.2 Å². The van der Waals surface area contributed by atoms with Gasteiger partial charge >= 0.3 is 6.09 Å². The minimum atomic E-state index is -1.00. The molecule has 0 aromatic carbocycles. The predicted molar refractivity (Wildman–Crippen MR) is 158 cm³/mol. The lowest BCUT2D eigenvalue weighted by Crippen LogP contribution is -2.37. The van der Waals surface area contributed by atoms with Crippen LogP contribution in [0.25, 0.3) is 0 Å². The smallest absolute Gasteiger partial charge is 0.405 e. The van der Waals surface area contributed by atoms with Gasteiger partial charge in [-0.25, -0.2) is 4.79 Å². The number of aliphatic hydroxyl groups is 1. The average Bonchev–Trinajstić information content (AvgIpc) is 2.94. The molecule has 230 valence electrons. The quantitative estimate of drug-likeness (QED) is 0.271. The van der Waals surface area contributed by atoms with Crippen molar-refractivity contribution < 1.29 is 38.5 Å². The fourth-order valence-electron chi connectivity index (χ4n) is 4.95. The lowest BCUT2D eigenvalue weighted by atomic mass is 9.85. The number of ether oxygens (including phenoxy) is 3. The normalized spacial score (nSPS) is 31.6. The lowest BCUT2D eigenvalue weighted by Gasteiger charge is -2.30. The molecule has 11 heteroatoms. The molecule has 0 radical (unpaired) electrons. The summed E-state index contributed by atoms with van der Waals surface area (Å²) in [4.78, 5) is 51.3. The Bertz CT molecular complexity index is 1210. The molecule has 0 saturated heterocycles. The van der Waals surface area contributed by atoms with Crippen molar-refractivity contribution in [1.29, 1.82) is 0 Å². The summed E-state index contributed by atoms with van der Waals surface area (Å²) in [5.74, 6) is -2.14. The molecule has 0 fully saturated rings. The number of hydrogen-bond donors (Lipinski definition) is 4. The van der Waals surface area contributed by atoms with Gasteiger partial charge in [0.1, 0.15) is 6.10 Å². The summed E-state index contributed by atoms with van der Waals surface area (Å²) in [6, 6.07) is 0. The molecule has 42 heavy (non-hydrogen) atoms. The highest BCUT2D eigenvalue weighted by atomic mass is 16.6. The topological polar surface area (TPSA) is 166 Å². The molecule has 0 aromatic heterocycles. The largest absolute Gasteiger partial charge is 0.439 e. The maximum absolute atomic E-state index is 13.5. The Morgan fingerprint density at radius 1 is 1.21 bits per heavy atom. The van der Waals surface area contributed by atoms with E-state index in [1.807, 2.05) is 6.92 Å². The van der Waals surface area contributed by atoms with E-state index in [0.717, 1.165) is 6.08 Å². The first-order chi connectivity index (χ1) is 19.8. The van der Waals surface area contributed by atoms with Crippen LogP contribution in [0.1, 0.15) is 40.5 Å². The number of nitrogens with two attached hydrogens (primary N) is 1. The molecule has 5 N–H and O–H groups in total. The van der Waals surface area contributed by atoms with Gasteiger partial charge in [-0.3, -0.25) is 14.4 Å². The molecule has 0 unspecified atom stereocenters. The maximum Gasteiger partial charge on any atom is 0.405 e. The zero-order valence-corrected chi connectivity index (χ0v) is 25.1. The summed E-state index contributed by atoms with van der Waals surface area (Å²) >= 11 is 0. The Morgan fingerprint density at radius 3 is 2.50 bits per heavy atom. The van der Waals surface area contributed by atoms with E-state index < -0.39 is 53.9 Å². The molecule has 0 aromatic rings. The van der Waals surface area contributed by atoms with Gasteiger partial charge in [0, 0.05) is 43.9 Å². The third kappa shape index (κ3) is 9.10. The number of hydrogen-bond acceptors (Lipinski definition) is 9. The Labute approximate surface area is 247 Å². The molecule has 2 amide bonds. The van der Waals surface area contributed by atoms with Crippen molar-refractivity contribution in [2.24, 2.45) is 17.6 Å². The van der Waals surface area contributed by atoms with Crippen molar-refractivity contribution >= 4 is 23.6 Å². The molecule has 11 nitrogen and oxygen atoms in total. The summed E-state index contributed by atoms with van der Waals surface area (Å²) in [6.07, 6.45) is 5.34. The van der Waals surface area contributed by atoms with Crippen molar-refractivity contribution in [2.45, 2.75) is 65.0 Å². The molecular weight excluding hydrogens is 542 g/mol. The zero-order chi connectivity index (χ0) is 31.6. The summed E-state index contributed by atoms with van der Waals surface area (Å²) in [5, 5.41) is 16.7. The lowest BCUT2D eigenvalue weighted by molar-refractivity contribution is -0.120. The second-order valence-corrected chi connectivity index (χ2v) is 10.6. The van der Waals surface area contributed by atoms with E-state index in [1.165, 1.54) is 20.3 Å². The van der Waals surface area contributed by atoms with Gasteiger partial charge in [0.05, 0.1) is 23.6 Å². The van der Waals surface area contributed by atoms with E-state index in [4.69, 9.17) is 19.9 Å². The summed E-state index contributed by atoms with van der Waals surface area (Å²) in [6.45, 7) is 10.9. The number of nitrogens with one attached hydrogen (secondary N) is 2. The van der Waals surface area contributed by atoms with Crippen molar-refractivity contribution in [2.75, 3.05) is 20.8 Å². The minimum absolute atomic E-state index is 0.132. The number of ketones is 2. The first-order valence-electron chi connectivity index (χ1n) is 13.8. The monoisotopic (exact) mass is 585 g/mol. The number of fused-ring (bicyclic) bond motifs is 2. The SMILES string of the molecule is C=CCNC1=C2C[C@H](C)C[C@@H](OC)[C@@H](O)[C@@H](C)/C=C(/C)[C@H](OC(N)=O)[C@@H](OC)/C=C/C=C(\C)C(=O)NC(=CC1=O)C2=O. The molecule has 2 aliphatic rings. The average molecular weight is 586 g/mol. The van der Waals surface area contributed by atoms with Gasteiger partial charge in [0.2, 0.25) is 11.6 Å². The van der Waals surface area contributed by atoms with Gasteiger partial charge in [-0.1, -0.05) is 44.2 Å². The number of aliphatic hydroxyl groups excluding tert-OH is 1. The second-order valence-electron chi connectivity index (χ2n) is 10.6. The number of Topliss-reactive ketones (excluding diaryl/α,β-unsaturated/α-hetero) is 1. The minimum Gasteiger partial charge on any atom is -0.439 e. The Hall–Kier alpha value is -3.80. The first-order valence-corrected chi connectivity index (χ1v) is 13.8. The summed E-state index contributed by atoms with van der Waals surface area (Å²) in [7, 11) is 2.92. The fraction of sp³-hybridized carbons (Fsp3) is 0.484. The fourth-order valence-corrected chi connectivity index (χ4v) is 4.95. The van der Waals surface area contributed by atoms with Gasteiger partial charge < -0.3 is 35.7 Å². The number of allylic oxidation sites excluding steroid dienone is 4. The van der Waals surface area contributed by atoms with Crippen LogP contribution in [0, 0.1) is 11.8 Å². The molecule has 6 atom stereocenters. The van der Waals surface area contributed by atoms with Crippen LogP contribution in [0.2, 0.25) is 0 Å². The van der Waals surface area contributed by atoms with Gasteiger partial charge in [-0.15, -0.1) is 6.58 Å². The number of carbonyl (C=O) groups is 4. The maximum atomic E-state index is 13.5. The number of carbonyl (C=O) groups excluding carboxylic acids is 4. The van der Waals surface area contributed by atoms with Crippen LogP contribution in [0.3, 0.4) is 0 Å². The van der Waals surface area contributed by atoms with Crippen LogP contribution in [-0.4, -0.2) is 73.9 Å². The van der Waals surface area contributed by atoms with E-state index in [0.29, 0.717) is 12.0 Å². The summed E-state index contributed by atoms with van der Waals surface area (Å²) in [5.41, 5.74) is 6.42. The molecule has 0 spiro atoms. The van der Waals surface area contributed by atoms with E-state index in [-0.39, 0.29) is 41.4 Å². The molecule has 1 aliphatic carbocycles. The summed E-state index contributed by atoms with van der Waals surface area (Å²) < 4.78 is 16.6. The van der Waals surface area contributed by atoms with Crippen molar-refractivity contribution in [3.05, 3.63) is 71.1 Å². The highest BCUT2D eigenvalue weighted by molar-refractivity contribution is 6.23.